The van der Waals surface area contributed by atoms with Crippen molar-refractivity contribution in [1.29, 1.82) is 0 Å². The highest BCUT2D eigenvalue weighted by molar-refractivity contribution is 7.92. The first-order valence-corrected chi connectivity index (χ1v) is 14.6. The number of anilines is 1. The van der Waals surface area contributed by atoms with E-state index in [2.05, 4.69) is 5.32 Å². The highest BCUT2D eigenvalue weighted by Gasteiger charge is 2.33. The van der Waals surface area contributed by atoms with Crippen LogP contribution in [0.25, 0.3) is 0 Å². The van der Waals surface area contributed by atoms with Gasteiger partial charge in [0.05, 0.1) is 17.7 Å². The van der Waals surface area contributed by atoms with Crippen LogP contribution in [0.4, 0.5) is 5.69 Å². The normalized spacial score (nSPS) is 11.9. The van der Waals surface area contributed by atoms with Crippen LogP contribution in [0.5, 0.6) is 5.75 Å². The third-order valence-electron chi connectivity index (χ3n) is 6.37. The van der Waals surface area contributed by atoms with Crippen LogP contribution in [0, 0.1) is 0 Å². The number of hydrogen-bond donors (Lipinski definition) is 1. The maximum absolute atomic E-state index is 14.0. The Hall–Kier alpha value is -3.85. The second kappa shape index (κ2) is 14.3. The van der Waals surface area contributed by atoms with E-state index in [4.69, 9.17) is 4.74 Å². The van der Waals surface area contributed by atoms with Crippen molar-refractivity contribution in [2.24, 2.45) is 0 Å². The fourth-order valence-corrected chi connectivity index (χ4v) is 5.70. The summed E-state index contributed by atoms with van der Waals surface area (Å²) < 4.78 is 34.0. The zero-order chi connectivity index (χ0) is 28.3. The van der Waals surface area contributed by atoms with E-state index in [1.165, 1.54) is 24.1 Å². The van der Waals surface area contributed by atoms with Gasteiger partial charge in [0.1, 0.15) is 18.3 Å². The molecule has 208 valence electrons. The van der Waals surface area contributed by atoms with Crippen LogP contribution in [-0.2, 0) is 26.0 Å². The van der Waals surface area contributed by atoms with Gasteiger partial charge in [-0.2, -0.15) is 0 Å². The minimum atomic E-state index is -4.11. The first-order valence-electron chi connectivity index (χ1n) is 13.1. The smallest absolute Gasteiger partial charge is 0.264 e. The molecule has 39 heavy (non-hydrogen) atoms. The summed E-state index contributed by atoms with van der Waals surface area (Å²) >= 11 is 0. The molecule has 1 atom stereocenters. The number of methoxy groups -OCH3 is 1. The van der Waals surface area contributed by atoms with Gasteiger partial charge in [0.2, 0.25) is 11.8 Å². The fourth-order valence-electron chi connectivity index (χ4n) is 4.28. The van der Waals surface area contributed by atoms with Crippen LogP contribution in [0.2, 0.25) is 0 Å². The molecular formula is C30H37N3O5S. The lowest BCUT2D eigenvalue weighted by Crippen LogP contribution is -2.53. The molecule has 3 aromatic carbocycles. The second-order valence-electron chi connectivity index (χ2n) is 9.06. The van der Waals surface area contributed by atoms with E-state index in [-0.39, 0.29) is 23.0 Å². The predicted molar refractivity (Wildman–Crippen MR) is 153 cm³/mol. The Bertz CT molecular complexity index is 1320. The van der Waals surface area contributed by atoms with Gasteiger partial charge >= 0.3 is 0 Å². The molecule has 3 aromatic rings. The molecule has 0 aliphatic carbocycles. The maximum atomic E-state index is 14.0. The molecule has 9 heteroatoms. The lowest BCUT2D eigenvalue weighted by Gasteiger charge is -2.33. The number of benzene rings is 3. The molecule has 0 spiro atoms. The average Bonchev–Trinajstić information content (AvgIpc) is 2.97. The predicted octanol–water partition coefficient (Wildman–Crippen LogP) is 4.27. The Morgan fingerprint density at radius 1 is 0.923 bits per heavy atom. The molecule has 3 rings (SSSR count). The number of carbonyl (C=O) groups is 2. The Balaban J connectivity index is 2.00. The Morgan fingerprint density at radius 2 is 1.59 bits per heavy atom. The van der Waals surface area contributed by atoms with Crippen molar-refractivity contribution in [3.05, 3.63) is 90.5 Å². The molecular weight excluding hydrogens is 514 g/mol. The van der Waals surface area contributed by atoms with Gasteiger partial charge in [-0.25, -0.2) is 8.42 Å². The van der Waals surface area contributed by atoms with E-state index >= 15 is 0 Å². The number of ether oxygens (including phenoxy) is 1. The summed E-state index contributed by atoms with van der Waals surface area (Å²) in [5, 5.41) is 2.89. The molecule has 1 N–H and O–H groups in total. The number of amides is 2. The molecule has 8 nitrogen and oxygen atoms in total. The van der Waals surface area contributed by atoms with Crippen molar-refractivity contribution < 1.29 is 22.7 Å². The quantitative estimate of drug-likeness (QED) is 0.323. The summed E-state index contributed by atoms with van der Waals surface area (Å²) in [4.78, 5) is 28.6. The zero-order valence-corrected chi connectivity index (χ0v) is 23.6. The van der Waals surface area contributed by atoms with Gasteiger partial charge in [0.25, 0.3) is 10.0 Å². The van der Waals surface area contributed by atoms with Crippen LogP contribution in [0.1, 0.15) is 32.3 Å². The molecule has 0 aliphatic rings. The van der Waals surface area contributed by atoms with Gasteiger partial charge in [0, 0.05) is 19.2 Å². The summed E-state index contributed by atoms with van der Waals surface area (Å²) in [6.45, 7) is 4.09. The summed E-state index contributed by atoms with van der Waals surface area (Å²) in [5.74, 6) is -0.258. The van der Waals surface area contributed by atoms with Gasteiger partial charge in [-0.3, -0.25) is 13.9 Å². The molecule has 2 amide bonds. The highest BCUT2D eigenvalue weighted by Crippen LogP contribution is 2.27. The number of nitrogens with zero attached hydrogens (tertiary/aromatic N) is 2. The van der Waals surface area contributed by atoms with E-state index in [0.29, 0.717) is 25.1 Å². The first-order chi connectivity index (χ1) is 18.8. The molecule has 0 unspecified atom stereocenters. The van der Waals surface area contributed by atoms with E-state index in [1.807, 2.05) is 44.2 Å². The number of sulfonamides is 1. The number of hydrogen-bond acceptors (Lipinski definition) is 5. The van der Waals surface area contributed by atoms with Crippen LogP contribution in [-0.4, -0.2) is 57.9 Å². The number of nitrogens with one attached hydrogen (secondary N) is 1. The molecule has 0 radical (unpaired) electrons. The SMILES string of the molecule is CCCNC(=O)[C@H](CC)N(CCc1ccccc1)C(=O)CN(c1cccc(OC)c1)S(=O)(=O)c1ccccc1. The van der Waals surface area contributed by atoms with Crippen LogP contribution < -0.4 is 14.4 Å². The molecule has 0 bridgehead atoms. The number of carbonyl (C=O) groups excluding carboxylic acids is 2. The molecule has 0 aliphatic heterocycles. The van der Waals surface area contributed by atoms with Crippen LogP contribution in [0.3, 0.4) is 0 Å². The van der Waals surface area contributed by atoms with Crippen LogP contribution >= 0.6 is 0 Å². The van der Waals surface area contributed by atoms with Gasteiger partial charge in [0.15, 0.2) is 0 Å². The first kappa shape index (κ1) is 29.7. The van der Waals surface area contributed by atoms with Crippen molar-refractivity contribution in [2.45, 2.75) is 44.0 Å². The Morgan fingerprint density at radius 3 is 2.21 bits per heavy atom. The van der Waals surface area contributed by atoms with Gasteiger partial charge < -0.3 is 15.0 Å². The number of rotatable bonds is 14. The summed E-state index contributed by atoms with van der Waals surface area (Å²) in [7, 11) is -2.62. The van der Waals surface area contributed by atoms with Gasteiger partial charge in [-0.1, -0.05) is 68.4 Å². The third-order valence-corrected chi connectivity index (χ3v) is 8.16. The summed E-state index contributed by atoms with van der Waals surface area (Å²) in [6, 6.07) is 23.5. The lowest BCUT2D eigenvalue weighted by atomic mass is 10.1. The van der Waals surface area contributed by atoms with E-state index < -0.39 is 28.5 Å². The van der Waals surface area contributed by atoms with E-state index in [0.717, 1.165) is 16.3 Å². The topological polar surface area (TPSA) is 96.0 Å². The molecule has 0 saturated carbocycles. The maximum Gasteiger partial charge on any atom is 0.264 e. The Kier molecular flexibility index (Phi) is 10.9. The lowest BCUT2D eigenvalue weighted by molar-refractivity contribution is -0.139. The molecule has 0 aromatic heterocycles. The molecule has 0 heterocycles. The second-order valence-corrected chi connectivity index (χ2v) is 10.9. The fraction of sp³-hybridized carbons (Fsp3) is 0.333. The molecule has 0 saturated heterocycles. The average molecular weight is 552 g/mol. The van der Waals surface area contributed by atoms with Crippen molar-refractivity contribution in [3.8, 4) is 5.75 Å². The monoisotopic (exact) mass is 551 g/mol. The summed E-state index contributed by atoms with van der Waals surface area (Å²) in [6.07, 6.45) is 1.68. The van der Waals surface area contributed by atoms with Gasteiger partial charge in [-0.05, 0) is 49.1 Å². The minimum Gasteiger partial charge on any atom is -0.497 e. The summed E-state index contributed by atoms with van der Waals surface area (Å²) in [5.41, 5.74) is 1.30. The van der Waals surface area contributed by atoms with Crippen LogP contribution in [0.15, 0.2) is 89.8 Å². The van der Waals surface area contributed by atoms with E-state index in [9.17, 15) is 18.0 Å². The van der Waals surface area contributed by atoms with Crippen molar-refractivity contribution in [3.63, 3.8) is 0 Å². The Labute approximate surface area is 231 Å². The zero-order valence-electron chi connectivity index (χ0n) is 22.7. The standard InChI is InChI=1S/C30H37N3O5S/c1-4-20-31-30(35)28(5-2)32(21-19-24-13-8-6-9-14-24)29(34)23-33(25-15-12-16-26(22-25)38-3)39(36,37)27-17-10-7-11-18-27/h6-18,22,28H,4-5,19-21,23H2,1-3H3,(H,31,35)/t28-/m0/s1. The minimum absolute atomic E-state index is 0.0594. The highest BCUT2D eigenvalue weighted by atomic mass is 32.2. The van der Waals surface area contributed by atoms with Crippen molar-refractivity contribution in [1.82, 2.24) is 10.2 Å². The van der Waals surface area contributed by atoms with Crippen molar-refractivity contribution in [2.75, 3.05) is 31.0 Å². The van der Waals surface area contributed by atoms with Crippen molar-refractivity contribution >= 4 is 27.5 Å². The van der Waals surface area contributed by atoms with Gasteiger partial charge in [-0.15, -0.1) is 0 Å². The molecule has 0 fully saturated rings. The third kappa shape index (κ3) is 7.83. The van der Waals surface area contributed by atoms with E-state index in [1.54, 1.807) is 42.5 Å². The largest absolute Gasteiger partial charge is 0.497 e.